The van der Waals surface area contributed by atoms with Crippen LogP contribution in [0.3, 0.4) is 0 Å². The van der Waals surface area contributed by atoms with Crippen LogP contribution in [0.25, 0.3) is 0 Å². The van der Waals surface area contributed by atoms with E-state index in [1.54, 1.807) is 0 Å². The third kappa shape index (κ3) is 1.98. The Bertz CT molecular complexity index is 804. The molecule has 0 radical (unpaired) electrons. The minimum atomic E-state index is 0.148. The predicted molar refractivity (Wildman–Crippen MR) is 121 cm³/mol. The van der Waals surface area contributed by atoms with Gasteiger partial charge in [0.2, 0.25) is 0 Å². The van der Waals surface area contributed by atoms with E-state index in [2.05, 4.69) is 39.1 Å². The first-order chi connectivity index (χ1) is 14.3. The van der Waals surface area contributed by atoms with Crippen molar-refractivity contribution < 1.29 is 4.74 Å². The van der Waals surface area contributed by atoms with Gasteiger partial charge in [-0.2, -0.15) is 0 Å². The normalized spacial score (nSPS) is 63.3. The van der Waals surface area contributed by atoms with Crippen LogP contribution in [0, 0.1) is 45.8 Å². The maximum atomic E-state index is 7.25. The summed E-state index contributed by atoms with van der Waals surface area (Å²) in [5.41, 5.74) is 3.56. The first kappa shape index (κ1) is 19.2. The van der Waals surface area contributed by atoms with Crippen LogP contribution in [0.4, 0.5) is 0 Å². The molecule has 0 aromatic carbocycles. The second kappa shape index (κ2) is 5.77. The zero-order chi connectivity index (χ0) is 20.5. The van der Waals surface area contributed by atoms with Crippen LogP contribution in [0.5, 0.6) is 0 Å². The van der Waals surface area contributed by atoms with Crippen molar-refractivity contribution in [1.82, 2.24) is 5.32 Å². The van der Waals surface area contributed by atoms with E-state index in [-0.39, 0.29) is 5.60 Å². The molecule has 2 heteroatoms. The molecule has 2 saturated heterocycles. The van der Waals surface area contributed by atoms with E-state index in [4.69, 9.17) is 4.74 Å². The Balaban J connectivity index is 1.25. The first-order valence-corrected chi connectivity index (χ1v) is 13.5. The molecule has 4 saturated carbocycles. The SMILES string of the molecule is C[C@@H]1CN[C@H]2[C@@H](C)[C@@]3(CC[C@H]4[C@@H]5CCC6=CCCC[C@]6(C)[C@H]5CC45CC53C)O[C@@H]2C1. The van der Waals surface area contributed by atoms with Crippen LogP contribution < -0.4 is 5.32 Å². The van der Waals surface area contributed by atoms with Crippen LogP contribution >= 0.6 is 0 Å². The van der Waals surface area contributed by atoms with Gasteiger partial charge in [-0.25, -0.2) is 0 Å². The maximum absolute atomic E-state index is 7.25. The Morgan fingerprint density at radius 2 is 1.97 bits per heavy atom. The van der Waals surface area contributed by atoms with Crippen molar-refractivity contribution in [1.29, 1.82) is 0 Å². The van der Waals surface area contributed by atoms with Crippen molar-refractivity contribution in [2.45, 2.75) is 110 Å². The molecule has 2 aliphatic heterocycles. The second-order valence-corrected chi connectivity index (χ2v) is 13.5. The summed E-state index contributed by atoms with van der Waals surface area (Å²) in [5, 5.41) is 3.93. The molecule has 1 N–H and O–H groups in total. The number of ether oxygens (including phenoxy) is 1. The lowest BCUT2D eigenvalue weighted by molar-refractivity contribution is -0.147. The number of fused-ring (bicyclic) bond motifs is 6. The molecule has 2 nitrogen and oxygen atoms in total. The zero-order valence-corrected chi connectivity index (χ0v) is 19.8. The van der Waals surface area contributed by atoms with Crippen LogP contribution in [-0.2, 0) is 4.74 Å². The van der Waals surface area contributed by atoms with E-state index in [0.29, 0.717) is 34.3 Å². The third-order valence-corrected chi connectivity index (χ3v) is 12.7. The van der Waals surface area contributed by atoms with Gasteiger partial charge < -0.3 is 10.1 Å². The summed E-state index contributed by atoms with van der Waals surface area (Å²) in [4.78, 5) is 0. The summed E-state index contributed by atoms with van der Waals surface area (Å²) in [5.74, 6) is 4.38. The number of nitrogens with one attached hydrogen (secondary N) is 1. The van der Waals surface area contributed by atoms with Gasteiger partial charge in [-0.1, -0.05) is 39.3 Å². The molecule has 6 fully saturated rings. The Hall–Kier alpha value is -0.340. The highest BCUT2D eigenvalue weighted by atomic mass is 16.5. The van der Waals surface area contributed by atoms with Gasteiger partial charge >= 0.3 is 0 Å². The third-order valence-electron chi connectivity index (χ3n) is 12.7. The lowest BCUT2D eigenvalue weighted by Crippen LogP contribution is -2.53. The molecule has 2 heterocycles. The van der Waals surface area contributed by atoms with E-state index >= 15 is 0 Å². The quantitative estimate of drug-likeness (QED) is 0.487. The van der Waals surface area contributed by atoms with Crippen molar-refractivity contribution in [3.8, 4) is 0 Å². The Kier molecular flexibility index (Phi) is 3.68. The van der Waals surface area contributed by atoms with Crippen molar-refractivity contribution >= 4 is 0 Å². The minimum Gasteiger partial charge on any atom is -0.369 e. The molecular weight excluding hydrogens is 366 g/mol. The largest absolute Gasteiger partial charge is 0.369 e. The summed E-state index contributed by atoms with van der Waals surface area (Å²) in [6.07, 6.45) is 17.3. The van der Waals surface area contributed by atoms with Crippen molar-refractivity contribution in [2.75, 3.05) is 6.54 Å². The molecule has 2 spiro atoms. The van der Waals surface area contributed by atoms with Gasteiger partial charge in [0.05, 0.1) is 11.7 Å². The lowest BCUT2D eigenvalue weighted by atomic mass is 9.56. The van der Waals surface area contributed by atoms with Gasteiger partial charge in [0.15, 0.2) is 0 Å². The number of piperidine rings is 1. The average molecular weight is 410 g/mol. The van der Waals surface area contributed by atoms with E-state index in [1.807, 2.05) is 5.57 Å². The molecule has 2 unspecified atom stereocenters. The number of hydrogen-bond acceptors (Lipinski definition) is 2. The molecule has 5 aliphatic carbocycles. The molecule has 0 bridgehead atoms. The van der Waals surface area contributed by atoms with Crippen LogP contribution in [-0.4, -0.2) is 24.3 Å². The van der Waals surface area contributed by atoms with Crippen LogP contribution in [0.2, 0.25) is 0 Å². The summed E-state index contributed by atoms with van der Waals surface area (Å²) in [6.45, 7) is 11.5. The summed E-state index contributed by atoms with van der Waals surface area (Å²) < 4.78 is 7.25. The smallest absolute Gasteiger partial charge is 0.0787 e. The number of rotatable bonds is 0. The molecule has 0 amide bonds. The summed E-state index contributed by atoms with van der Waals surface area (Å²) in [6, 6.07) is 0.598. The number of allylic oxidation sites excluding steroid dienone is 2. The first-order valence-electron chi connectivity index (χ1n) is 13.5. The van der Waals surface area contributed by atoms with Gasteiger partial charge in [-0.3, -0.25) is 0 Å². The van der Waals surface area contributed by atoms with Crippen molar-refractivity contribution in [3.05, 3.63) is 11.6 Å². The van der Waals surface area contributed by atoms with E-state index in [0.717, 1.165) is 23.7 Å². The summed E-state index contributed by atoms with van der Waals surface area (Å²) >= 11 is 0. The fourth-order valence-corrected chi connectivity index (χ4v) is 11.2. The van der Waals surface area contributed by atoms with Crippen molar-refractivity contribution in [3.63, 3.8) is 0 Å². The highest BCUT2D eigenvalue weighted by Gasteiger charge is 2.84. The molecule has 7 rings (SSSR count). The predicted octanol–water partition coefficient (Wildman–Crippen LogP) is 6.11. The Morgan fingerprint density at radius 1 is 1.10 bits per heavy atom. The fourth-order valence-electron chi connectivity index (χ4n) is 11.2. The zero-order valence-electron chi connectivity index (χ0n) is 19.8. The molecule has 0 aromatic rings. The molecule has 0 aromatic heterocycles. The monoisotopic (exact) mass is 409 g/mol. The van der Waals surface area contributed by atoms with Gasteiger partial charge in [0, 0.05) is 17.4 Å². The molecule has 11 atom stereocenters. The standard InChI is InChI=1S/C28H43NO/c1-17-13-23-24(29-15-17)18(2)28(30-23)12-10-21-20-9-8-19-7-5-6-11-25(19,3)22(20)14-27(21)16-26(27,28)4/h7,17-18,20-24,29H,5-6,8-16H2,1-4H3/t17-,18+,20-,21-,22-,23+,24-,25-,26?,27?,28+/m0/s1. The second-order valence-electron chi connectivity index (χ2n) is 13.5. The highest BCUT2D eigenvalue weighted by Crippen LogP contribution is 2.87. The van der Waals surface area contributed by atoms with Crippen LogP contribution in [0.15, 0.2) is 11.6 Å². The lowest BCUT2D eigenvalue weighted by Gasteiger charge is -2.50. The van der Waals surface area contributed by atoms with Crippen molar-refractivity contribution in [2.24, 2.45) is 45.8 Å². The summed E-state index contributed by atoms with van der Waals surface area (Å²) in [7, 11) is 0. The fraction of sp³-hybridized carbons (Fsp3) is 0.929. The highest BCUT2D eigenvalue weighted by molar-refractivity contribution is 5.35. The average Bonchev–Trinajstić information content (AvgIpc) is 3.07. The van der Waals surface area contributed by atoms with Gasteiger partial charge in [0.1, 0.15) is 0 Å². The topological polar surface area (TPSA) is 21.3 Å². The van der Waals surface area contributed by atoms with Gasteiger partial charge in [-0.15, -0.1) is 0 Å². The van der Waals surface area contributed by atoms with Crippen LogP contribution in [0.1, 0.15) is 91.9 Å². The molecule has 7 aliphatic rings. The molecule has 166 valence electrons. The Labute approximate surface area is 184 Å². The molecule has 30 heavy (non-hydrogen) atoms. The Morgan fingerprint density at radius 3 is 2.83 bits per heavy atom. The maximum Gasteiger partial charge on any atom is 0.0787 e. The molecular formula is C28H43NO. The van der Waals surface area contributed by atoms with Gasteiger partial charge in [0.25, 0.3) is 0 Å². The van der Waals surface area contributed by atoms with E-state index in [9.17, 15) is 0 Å². The van der Waals surface area contributed by atoms with E-state index < -0.39 is 0 Å². The minimum absolute atomic E-state index is 0.148. The van der Waals surface area contributed by atoms with Gasteiger partial charge in [-0.05, 0) is 105 Å². The number of hydrogen-bond donors (Lipinski definition) is 1. The van der Waals surface area contributed by atoms with E-state index in [1.165, 1.54) is 70.8 Å².